The van der Waals surface area contributed by atoms with E-state index in [-0.39, 0.29) is 10.6 Å². The molecule has 1 heterocycles. The molecule has 2 nitrogen and oxygen atoms in total. The average Bonchev–Trinajstić information content (AvgIpc) is 2.88. The van der Waals surface area contributed by atoms with Crippen molar-refractivity contribution in [2.45, 2.75) is 12.7 Å². The van der Waals surface area contributed by atoms with Crippen LogP contribution in [0, 0.1) is 0 Å². The third kappa shape index (κ3) is 3.49. The minimum atomic E-state index is -4.47. The van der Waals surface area contributed by atoms with Crippen molar-refractivity contribution in [3.05, 3.63) is 51.7 Å². The molecule has 20 heavy (non-hydrogen) atoms. The Hall–Kier alpha value is -1.60. The zero-order valence-corrected chi connectivity index (χ0v) is 11.8. The summed E-state index contributed by atoms with van der Waals surface area (Å²) in [6.07, 6.45) is -4.47. The second kappa shape index (κ2) is 5.80. The first-order valence-corrected chi connectivity index (χ1v) is 6.99. The smallest absolute Gasteiger partial charge is 0.389 e. The second-order valence-electron chi connectivity index (χ2n) is 4.11. The summed E-state index contributed by atoms with van der Waals surface area (Å²) in [7, 11) is 0. The molecule has 106 valence electrons. The fourth-order valence-electron chi connectivity index (χ4n) is 1.70. The molecule has 7 heteroatoms. The van der Waals surface area contributed by atoms with E-state index in [0.29, 0.717) is 12.2 Å². The highest BCUT2D eigenvalue weighted by Gasteiger charge is 2.33. The van der Waals surface area contributed by atoms with Crippen LogP contribution in [0.4, 0.5) is 18.9 Å². The summed E-state index contributed by atoms with van der Waals surface area (Å²) in [6.45, 7) is 0.533. The van der Waals surface area contributed by atoms with Gasteiger partial charge in [-0.2, -0.15) is 24.5 Å². The number of thiocarbonyl (C=S) groups is 1. The topological polar surface area (TPSA) is 38.0 Å². The van der Waals surface area contributed by atoms with E-state index in [0.717, 1.165) is 11.6 Å². The largest absolute Gasteiger partial charge is 0.417 e. The van der Waals surface area contributed by atoms with Crippen LogP contribution in [0.1, 0.15) is 16.7 Å². The molecule has 0 amide bonds. The molecule has 0 fully saturated rings. The van der Waals surface area contributed by atoms with E-state index in [1.165, 1.54) is 12.1 Å². The first-order chi connectivity index (χ1) is 9.38. The lowest BCUT2D eigenvalue weighted by Gasteiger charge is -2.14. The summed E-state index contributed by atoms with van der Waals surface area (Å²) >= 11 is 6.25. The van der Waals surface area contributed by atoms with E-state index in [1.54, 1.807) is 11.3 Å². The van der Waals surface area contributed by atoms with Gasteiger partial charge >= 0.3 is 6.18 Å². The minimum absolute atomic E-state index is 0.164. The maximum absolute atomic E-state index is 12.8. The van der Waals surface area contributed by atoms with Crippen molar-refractivity contribution in [1.82, 2.24) is 0 Å². The molecule has 0 saturated carbocycles. The van der Waals surface area contributed by atoms with Crippen molar-refractivity contribution in [3.8, 4) is 0 Å². The monoisotopic (exact) mass is 316 g/mol. The van der Waals surface area contributed by atoms with Gasteiger partial charge in [0.1, 0.15) is 4.99 Å². The van der Waals surface area contributed by atoms with Gasteiger partial charge in [0.2, 0.25) is 0 Å². The molecule has 1 aromatic carbocycles. The molecule has 0 aliphatic rings. The Morgan fingerprint density at radius 1 is 1.30 bits per heavy atom. The highest BCUT2D eigenvalue weighted by Crippen LogP contribution is 2.33. The lowest BCUT2D eigenvalue weighted by molar-refractivity contribution is -0.137. The minimum Gasteiger partial charge on any atom is -0.389 e. The number of nitrogens with two attached hydrogens (primary N) is 1. The van der Waals surface area contributed by atoms with Gasteiger partial charge in [-0.15, -0.1) is 0 Å². The summed E-state index contributed by atoms with van der Waals surface area (Å²) in [4.78, 5) is -0.267. The molecule has 0 atom stereocenters. The van der Waals surface area contributed by atoms with Gasteiger partial charge in [0.05, 0.1) is 5.56 Å². The van der Waals surface area contributed by atoms with Gasteiger partial charge in [0.15, 0.2) is 0 Å². The van der Waals surface area contributed by atoms with E-state index >= 15 is 0 Å². The number of nitrogens with one attached hydrogen (secondary N) is 1. The number of halogens is 3. The van der Waals surface area contributed by atoms with E-state index in [1.807, 2.05) is 16.8 Å². The third-order valence-electron chi connectivity index (χ3n) is 2.67. The maximum Gasteiger partial charge on any atom is 0.417 e. The zero-order valence-electron chi connectivity index (χ0n) is 10.2. The van der Waals surface area contributed by atoms with Crippen LogP contribution in [0.5, 0.6) is 0 Å². The number of benzene rings is 1. The van der Waals surface area contributed by atoms with Gasteiger partial charge in [-0.05, 0) is 40.6 Å². The number of alkyl halides is 3. The Kier molecular flexibility index (Phi) is 4.29. The molecule has 0 aliphatic carbocycles. The van der Waals surface area contributed by atoms with Gasteiger partial charge in [-0.3, -0.25) is 0 Å². The second-order valence-corrected chi connectivity index (χ2v) is 5.33. The van der Waals surface area contributed by atoms with Crippen LogP contribution >= 0.6 is 23.6 Å². The molecule has 2 aromatic rings. The fraction of sp³-hybridized carbons (Fsp3) is 0.154. The first-order valence-electron chi connectivity index (χ1n) is 5.64. The summed E-state index contributed by atoms with van der Waals surface area (Å²) in [6, 6.07) is 5.63. The lowest BCUT2D eigenvalue weighted by atomic mass is 10.1. The molecule has 0 saturated heterocycles. The van der Waals surface area contributed by atoms with Crippen LogP contribution in [0.2, 0.25) is 0 Å². The van der Waals surface area contributed by atoms with Crippen molar-refractivity contribution in [3.63, 3.8) is 0 Å². The van der Waals surface area contributed by atoms with Crippen LogP contribution < -0.4 is 11.1 Å². The standard InChI is InChI=1S/C13H11F3N2S2/c14-13(15,16)11-2-1-9(5-10(11)12(17)19)18-6-8-3-4-20-7-8/h1-5,7,18H,6H2,(H2,17,19). The van der Waals surface area contributed by atoms with Gasteiger partial charge in [-0.25, -0.2) is 0 Å². The van der Waals surface area contributed by atoms with E-state index in [2.05, 4.69) is 5.32 Å². The zero-order chi connectivity index (χ0) is 14.8. The van der Waals surface area contributed by atoms with E-state index < -0.39 is 11.7 Å². The predicted octanol–water partition coefficient (Wildman–Crippen LogP) is 4.01. The van der Waals surface area contributed by atoms with Gasteiger partial charge in [0, 0.05) is 17.8 Å². The quantitative estimate of drug-likeness (QED) is 0.837. The highest BCUT2D eigenvalue weighted by molar-refractivity contribution is 7.80. The normalized spacial score (nSPS) is 11.3. The van der Waals surface area contributed by atoms with Crippen molar-refractivity contribution in [2.75, 3.05) is 5.32 Å². The highest BCUT2D eigenvalue weighted by atomic mass is 32.1. The molecule has 2 rings (SSSR count). The summed E-state index contributed by atoms with van der Waals surface area (Å²) < 4.78 is 38.4. The average molecular weight is 316 g/mol. The van der Waals surface area contributed by atoms with Gasteiger partial charge in [0.25, 0.3) is 0 Å². The van der Waals surface area contributed by atoms with Gasteiger partial charge < -0.3 is 11.1 Å². The Morgan fingerprint density at radius 3 is 2.60 bits per heavy atom. The van der Waals surface area contributed by atoms with Crippen LogP contribution in [0.3, 0.4) is 0 Å². The van der Waals surface area contributed by atoms with Crippen molar-refractivity contribution >= 4 is 34.2 Å². The van der Waals surface area contributed by atoms with Crippen molar-refractivity contribution in [2.24, 2.45) is 5.73 Å². The third-order valence-corrected chi connectivity index (χ3v) is 3.62. The molecule has 1 aromatic heterocycles. The molecular weight excluding hydrogens is 305 g/mol. The molecule has 0 aliphatic heterocycles. The van der Waals surface area contributed by atoms with E-state index in [9.17, 15) is 13.2 Å². The van der Waals surface area contributed by atoms with Crippen LogP contribution in [-0.4, -0.2) is 4.99 Å². The first kappa shape index (κ1) is 14.8. The summed E-state index contributed by atoms with van der Waals surface area (Å²) in [5, 5.41) is 6.94. The Morgan fingerprint density at radius 2 is 2.05 bits per heavy atom. The lowest BCUT2D eigenvalue weighted by Crippen LogP contribution is -2.18. The number of rotatable bonds is 4. The van der Waals surface area contributed by atoms with Crippen LogP contribution in [-0.2, 0) is 12.7 Å². The number of hydrogen-bond donors (Lipinski definition) is 2. The van der Waals surface area contributed by atoms with E-state index in [4.69, 9.17) is 18.0 Å². The Bertz CT molecular complexity index is 607. The molecular formula is C13H11F3N2S2. The van der Waals surface area contributed by atoms with Crippen molar-refractivity contribution in [1.29, 1.82) is 0 Å². The maximum atomic E-state index is 12.8. The van der Waals surface area contributed by atoms with Crippen LogP contribution in [0.25, 0.3) is 0 Å². The molecule has 3 N–H and O–H groups in total. The summed E-state index contributed by atoms with van der Waals surface area (Å²) in [5.74, 6) is 0. The molecule has 0 bridgehead atoms. The van der Waals surface area contributed by atoms with Gasteiger partial charge in [-0.1, -0.05) is 12.2 Å². The summed E-state index contributed by atoms with van der Waals surface area (Å²) in [5.41, 5.74) is 6.01. The Balaban J connectivity index is 2.24. The number of anilines is 1. The molecule has 0 spiro atoms. The number of thiophene rings is 1. The number of hydrogen-bond acceptors (Lipinski definition) is 3. The molecule has 0 radical (unpaired) electrons. The molecule has 0 unspecified atom stereocenters. The SMILES string of the molecule is NC(=S)c1cc(NCc2ccsc2)ccc1C(F)(F)F. The van der Waals surface area contributed by atoms with Crippen LogP contribution in [0.15, 0.2) is 35.0 Å². The Labute approximate surface area is 123 Å². The predicted molar refractivity (Wildman–Crippen MR) is 79.0 cm³/mol. The fourth-order valence-corrected chi connectivity index (χ4v) is 2.54. The van der Waals surface area contributed by atoms with Crippen molar-refractivity contribution < 1.29 is 13.2 Å².